The zero-order valence-corrected chi connectivity index (χ0v) is 23.5. The van der Waals surface area contributed by atoms with Gasteiger partial charge in [0.25, 0.3) is 5.91 Å². The maximum absolute atomic E-state index is 13.6. The molecule has 0 fully saturated rings. The maximum atomic E-state index is 13.6. The van der Waals surface area contributed by atoms with Crippen molar-refractivity contribution in [2.75, 3.05) is 33.7 Å². The van der Waals surface area contributed by atoms with Gasteiger partial charge >= 0.3 is 12.3 Å². The Morgan fingerprint density at radius 2 is 1.72 bits per heavy atom. The summed E-state index contributed by atoms with van der Waals surface area (Å²) in [5, 5.41) is 0. The lowest BCUT2D eigenvalue weighted by Crippen LogP contribution is -2.43. The lowest BCUT2D eigenvalue weighted by molar-refractivity contribution is -0.142. The summed E-state index contributed by atoms with van der Waals surface area (Å²) in [5.41, 5.74) is 0.428. The van der Waals surface area contributed by atoms with Gasteiger partial charge in [0.2, 0.25) is 0 Å². The molecule has 3 rings (SSSR count). The molecule has 2 aromatic carbocycles. The van der Waals surface area contributed by atoms with Gasteiger partial charge in [-0.15, -0.1) is 0 Å². The van der Waals surface area contributed by atoms with Gasteiger partial charge in [-0.2, -0.15) is 13.2 Å². The van der Waals surface area contributed by atoms with Crippen molar-refractivity contribution in [1.82, 2.24) is 14.7 Å². The van der Waals surface area contributed by atoms with Gasteiger partial charge in [0, 0.05) is 31.7 Å². The summed E-state index contributed by atoms with van der Waals surface area (Å²) in [7, 11) is 3.66. The van der Waals surface area contributed by atoms with Gasteiger partial charge in [-0.25, -0.2) is 4.79 Å². The number of amides is 2. The quantitative estimate of drug-likeness (QED) is 0.444. The molecule has 7 nitrogen and oxygen atoms in total. The molecular formula is C29H38F3N3O4. The molecule has 1 heterocycles. The smallest absolute Gasteiger partial charge is 0.416 e. The van der Waals surface area contributed by atoms with Crippen molar-refractivity contribution in [2.24, 2.45) is 0 Å². The minimum atomic E-state index is -4.53. The van der Waals surface area contributed by atoms with Crippen LogP contribution in [0.15, 0.2) is 42.5 Å². The highest BCUT2D eigenvalue weighted by Gasteiger charge is 2.34. The van der Waals surface area contributed by atoms with Crippen molar-refractivity contribution in [3.05, 3.63) is 64.7 Å². The van der Waals surface area contributed by atoms with Gasteiger partial charge < -0.3 is 24.2 Å². The number of benzene rings is 2. The molecule has 0 aliphatic carbocycles. The molecule has 2 aromatic rings. The minimum absolute atomic E-state index is 0.0226. The van der Waals surface area contributed by atoms with E-state index in [1.165, 1.54) is 23.1 Å². The van der Waals surface area contributed by atoms with Crippen molar-refractivity contribution >= 4 is 12.0 Å². The Balaban J connectivity index is 1.81. The largest absolute Gasteiger partial charge is 0.481 e. The number of fused-ring (bicyclic) bond motifs is 1. The molecule has 0 saturated carbocycles. The summed E-state index contributed by atoms with van der Waals surface area (Å²) in [5.74, 6) is 0.0381. The predicted octanol–water partition coefficient (Wildman–Crippen LogP) is 5.36. The SMILES string of the molecule is CC(Oc1cccc2c1CN(C(=O)OC(C)(C)C)CC2)C(=O)N(CCN(C)C)Cc1ccccc1C(F)(F)F. The number of carbonyl (C=O) groups is 2. The van der Waals surface area contributed by atoms with E-state index in [4.69, 9.17) is 9.47 Å². The Morgan fingerprint density at radius 3 is 2.36 bits per heavy atom. The number of hydrogen-bond acceptors (Lipinski definition) is 5. The molecule has 0 radical (unpaired) electrons. The van der Waals surface area contributed by atoms with E-state index in [2.05, 4.69) is 0 Å². The number of ether oxygens (including phenoxy) is 2. The third-order valence-electron chi connectivity index (χ3n) is 6.35. The Labute approximate surface area is 228 Å². The van der Waals surface area contributed by atoms with Crippen LogP contribution in [-0.4, -0.2) is 72.1 Å². The van der Waals surface area contributed by atoms with E-state index in [9.17, 15) is 22.8 Å². The van der Waals surface area contributed by atoms with Crippen molar-refractivity contribution in [3.8, 4) is 5.75 Å². The van der Waals surface area contributed by atoms with Crippen LogP contribution in [0.5, 0.6) is 5.75 Å². The maximum Gasteiger partial charge on any atom is 0.416 e. The molecule has 0 N–H and O–H groups in total. The number of likely N-dealkylation sites (N-methyl/N-ethyl adjacent to an activating group) is 1. The summed E-state index contributed by atoms with van der Waals surface area (Å²) < 4.78 is 52.5. The first-order valence-corrected chi connectivity index (χ1v) is 13.0. The second-order valence-electron chi connectivity index (χ2n) is 11.0. The first-order chi connectivity index (χ1) is 18.2. The van der Waals surface area contributed by atoms with Crippen molar-refractivity contribution in [3.63, 3.8) is 0 Å². The van der Waals surface area contributed by atoms with E-state index >= 15 is 0 Å². The summed E-state index contributed by atoms with van der Waals surface area (Å²) in [6.45, 7) is 8.27. The molecule has 10 heteroatoms. The van der Waals surface area contributed by atoms with Gasteiger partial charge in [-0.1, -0.05) is 30.3 Å². The van der Waals surface area contributed by atoms with Gasteiger partial charge in [0.05, 0.1) is 12.1 Å². The van der Waals surface area contributed by atoms with Gasteiger partial charge in [0.15, 0.2) is 6.10 Å². The lowest BCUT2D eigenvalue weighted by atomic mass is 9.99. The van der Waals surface area contributed by atoms with Crippen molar-refractivity contribution < 1.29 is 32.2 Å². The van der Waals surface area contributed by atoms with Crippen LogP contribution in [0.3, 0.4) is 0 Å². The summed E-state index contributed by atoms with van der Waals surface area (Å²) in [6.07, 6.45) is -5.31. The van der Waals surface area contributed by atoms with Crippen LogP contribution < -0.4 is 4.74 Å². The fourth-order valence-electron chi connectivity index (χ4n) is 4.37. The second-order valence-corrected chi connectivity index (χ2v) is 11.0. The summed E-state index contributed by atoms with van der Waals surface area (Å²) >= 11 is 0. The Morgan fingerprint density at radius 1 is 1.03 bits per heavy atom. The van der Waals surface area contributed by atoms with Crippen LogP contribution in [0.2, 0.25) is 0 Å². The molecule has 1 aliphatic heterocycles. The molecule has 0 saturated heterocycles. The van der Waals surface area contributed by atoms with Crippen molar-refractivity contribution in [1.29, 1.82) is 0 Å². The first kappa shape index (κ1) is 30.3. The van der Waals surface area contributed by atoms with Gasteiger partial charge in [0.1, 0.15) is 11.4 Å². The molecular weight excluding hydrogens is 511 g/mol. The molecule has 39 heavy (non-hydrogen) atoms. The molecule has 1 unspecified atom stereocenters. The topological polar surface area (TPSA) is 62.3 Å². The van der Waals surface area contributed by atoms with E-state index in [0.717, 1.165) is 17.2 Å². The number of carbonyl (C=O) groups excluding carboxylic acids is 2. The molecule has 2 amide bonds. The number of alkyl halides is 3. The van der Waals surface area contributed by atoms with Crippen molar-refractivity contribution in [2.45, 2.75) is 65.1 Å². The van der Waals surface area contributed by atoms with Crippen LogP contribution in [0.1, 0.15) is 49.9 Å². The van der Waals surface area contributed by atoms with E-state index in [0.29, 0.717) is 25.3 Å². The zero-order valence-electron chi connectivity index (χ0n) is 23.5. The van der Waals surface area contributed by atoms with Gasteiger partial charge in [-0.3, -0.25) is 4.79 Å². The minimum Gasteiger partial charge on any atom is -0.481 e. The van der Waals surface area contributed by atoms with Crippen LogP contribution in [0.4, 0.5) is 18.0 Å². The Kier molecular flexibility index (Phi) is 9.53. The molecule has 0 bridgehead atoms. The molecule has 1 aliphatic rings. The summed E-state index contributed by atoms with van der Waals surface area (Å²) in [4.78, 5) is 31.1. The van der Waals surface area contributed by atoms with Crippen LogP contribution in [-0.2, 0) is 35.2 Å². The Bertz CT molecular complexity index is 1160. The normalized spacial score (nSPS) is 14.6. The fraction of sp³-hybridized carbons (Fsp3) is 0.517. The molecule has 0 aromatic heterocycles. The second kappa shape index (κ2) is 12.3. The molecule has 214 valence electrons. The van der Waals surface area contributed by atoms with Crippen LogP contribution in [0, 0.1) is 0 Å². The third-order valence-corrected chi connectivity index (χ3v) is 6.35. The fourth-order valence-corrected chi connectivity index (χ4v) is 4.37. The highest BCUT2D eigenvalue weighted by atomic mass is 19.4. The highest BCUT2D eigenvalue weighted by Crippen LogP contribution is 2.33. The zero-order chi connectivity index (χ0) is 29.0. The van der Waals surface area contributed by atoms with Crippen LogP contribution >= 0.6 is 0 Å². The molecule has 0 spiro atoms. The van der Waals surface area contributed by atoms with E-state index in [-0.39, 0.29) is 25.2 Å². The molecule has 1 atom stereocenters. The average Bonchev–Trinajstić information content (AvgIpc) is 2.84. The standard InChI is InChI=1S/C29H38F3N3O4/c1-20(26(36)34(17-16-33(5)6)18-22-10-7-8-12-24(22)29(30,31)32)38-25-13-9-11-21-14-15-35(19-23(21)25)27(37)39-28(2,3)4/h7-13,20H,14-19H2,1-6H3. The van der Waals surface area contributed by atoms with Crippen LogP contribution in [0.25, 0.3) is 0 Å². The number of halogens is 3. The summed E-state index contributed by atoms with van der Waals surface area (Å²) in [6, 6.07) is 10.8. The van der Waals surface area contributed by atoms with Gasteiger partial charge in [-0.05, 0) is 71.5 Å². The monoisotopic (exact) mass is 549 g/mol. The first-order valence-electron chi connectivity index (χ1n) is 13.0. The van der Waals surface area contributed by atoms with E-state index < -0.39 is 35.4 Å². The Hall–Kier alpha value is -3.27. The predicted molar refractivity (Wildman–Crippen MR) is 142 cm³/mol. The van der Waals surface area contributed by atoms with E-state index in [1.807, 2.05) is 31.1 Å². The number of nitrogens with zero attached hydrogens (tertiary/aromatic N) is 3. The lowest BCUT2D eigenvalue weighted by Gasteiger charge is -2.33. The third kappa shape index (κ3) is 8.36. The highest BCUT2D eigenvalue weighted by molar-refractivity contribution is 5.81. The van der Waals surface area contributed by atoms with E-state index in [1.54, 1.807) is 38.7 Å². The average molecular weight is 550 g/mol. The number of rotatable bonds is 8. The number of hydrogen-bond donors (Lipinski definition) is 0.